The fraction of sp³-hybridized carbons (Fsp3) is 0.562. The Morgan fingerprint density at radius 2 is 2.05 bits per heavy atom. The van der Waals surface area contributed by atoms with Crippen LogP contribution in [0.1, 0.15) is 38.2 Å². The summed E-state index contributed by atoms with van der Waals surface area (Å²) in [6, 6.07) is 8.31. The Morgan fingerprint density at radius 1 is 1.35 bits per heavy atom. The van der Waals surface area contributed by atoms with E-state index in [1.807, 2.05) is 29.2 Å². The average molecular weight is 274 g/mol. The van der Waals surface area contributed by atoms with Crippen LogP contribution in [0.5, 0.6) is 5.75 Å². The number of hydrogen-bond donors (Lipinski definition) is 1. The molecule has 2 aliphatic rings. The van der Waals surface area contributed by atoms with E-state index in [2.05, 4.69) is 0 Å². The molecule has 0 atom stereocenters. The number of ether oxygens (including phenoxy) is 1. The van der Waals surface area contributed by atoms with Crippen LogP contribution in [0, 0.1) is 0 Å². The van der Waals surface area contributed by atoms with E-state index in [0.717, 1.165) is 37.0 Å². The van der Waals surface area contributed by atoms with Gasteiger partial charge in [-0.1, -0.05) is 18.2 Å². The second kappa shape index (κ2) is 5.09. The zero-order chi connectivity index (χ0) is 14.2. The Bertz CT molecular complexity index is 507. The Balaban J connectivity index is 1.94. The number of carbonyl (C=O) groups excluding carboxylic acids is 1. The number of para-hydroxylation sites is 1. The zero-order valence-electron chi connectivity index (χ0n) is 12.0. The molecule has 0 radical (unpaired) electrons. The minimum atomic E-state index is -0.256. The molecule has 0 aromatic heterocycles. The first-order chi connectivity index (χ1) is 9.58. The van der Waals surface area contributed by atoms with Crippen LogP contribution in [-0.2, 0) is 11.3 Å². The number of benzene rings is 1. The zero-order valence-corrected chi connectivity index (χ0v) is 12.0. The van der Waals surface area contributed by atoms with Gasteiger partial charge in [-0.15, -0.1) is 0 Å². The number of amides is 1. The van der Waals surface area contributed by atoms with E-state index in [-0.39, 0.29) is 17.6 Å². The molecule has 0 unspecified atom stereocenters. The van der Waals surface area contributed by atoms with Crippen LogP contribution in [0.25, 0.3) is 0 Å². The summed E-state index contributed by atoms with van der Waals surface area (Å²) in [6.45, 7) is 2.94. The molecule has 4 heteroatoms. The largest absolute Gasteiger partial charge is 0.485 e. The summed E-state index contributed by atoms with van der Waals surface area (Å²) >= 11 is 0. The molecule has 0 saturated heterocycles. The fourth-order valence-corrected chi connectivity index (χ4v) is 3.26. The molecule has 3 rings (SSSR count). The monoisotopic (exact) mass is 274 g/mol. The summed E-state index contributed by atoms with van der Waals surface area (Å²) in [5.74, 6) is 1.03. The van der Waals surface area contributed by atoms with Gasteiger partial charge in [0, 0.05) is 25.1 Å². The molecule has 1 amide bonds. The van der Waals surface area contributed by atoms with Crippen molar-refractivity contribution < 1.29 is 9.53 Å². The molecule has 20 heavy (non-hydrogen) atoms. The molecule has 108 valence electrons. The van der Waals surface area contributed by atoms with Gasteiger partial charge in [0.2, 0.25) is 5.91 Å². The number of fused-ring (bicyclic) bond motifs is 1. The molecule has 1 aromatic carbocycles. The number of nitrogens with zero attached hydrogens (tertiary/aromatic N) is 1. The number of hydrogen-bond acceptors (Lipinski definition) is 3. The summed E-state index contributed by atoms with van der Waals surface area (Å²) in [6.07, 6.45) is 3.78. The van der Waals surface area contributed by atoms with Gasteiger partial charge in [-0.05, 0) is 31.7 Å². The molecule has 1 heterocycles. The van der Waals surface area contributed by atoms with Crippen LogP contribution < -0.4 is 10.5 Å². The summed E-state index contributed by atoms with van der Waals surface area (Å²) in [5.41, 5.74) is 6.85. The quantitative estimate of drug-likeness (QED) is 0.788. The number of nitrogens with two attached hydrogens (primary N) is 1. The van der Waals surface area contributed by atoms with Crippen molar-refractivity contribution in [1.29, 1.82) is 0 Å². The van der Waals surface area contributed by atoms with E-state index in [9.17, 15) is 4.79 Å². The van der Waals surface area contributed by atoms with Crippen molar-refractivity contribution >= 4 is 5.91 Å². The summed E-state index contributed by atoms with van der Waals surface area (Å²) in [5, 5.41) is 0. The molecular formula is C16H22N2O2. The Morgan fingerprint density at radius 3 is 2.75 bits per heavy atom. The Hall–Kier alpha value is -1.55. The van der Waals surface area contributed by atoms with Crippen molar-refractivity contribution in [3.63, 3.8) is 0 Å². The highest BCUT2D eigenvalue weighted by molar-refractivity contribution is 5.73. The topological polar surface area (TPSA) is 55.6 Å². The van der Waals surface area contributed by atoms with E-state index < -0.39 is 0 Å². The van der Waals surface area contributed by atoms with E-state index in [1.165, 1.54) is 0 Å². The van der Waals surface area contributed by atoms with Crippen LogP contribution >= 0.6 is 0 Å². The normalized spacial score (nSPS) is 29.5. The third-order valence-electron chi connectivity index (χ3n) is 4.53. The van der Waals surface area contributed by atoms with Gasteiger partial charge in [0.25, 0.3) is 0 Å². The molecule has 1 aromatic rings. The van der Waals surface area contributed by atoms with E-state index in [0.29, 0.717) is 13.1 Å². The molecule has 1 aliphatic carbocycles. The lowest BCUT2D eigenvalue weighted by atomic mass is 9.82. The first-order valence-corrected chi connectivity index (χ1v) is 7.36. The van der Waals surface area contributed by atoms with Gasteiger partial charge in [-0.2, -0.15) is 0 Å². The molecule has 4 nitrogen and oxygen atoms in total. The third-order valence-corrected chi connectivity index (χ3v) is 4.53. The van der Waals surface area contributed by atoms with E-state index in [1.54, 1.807) is 6.92 Å². The highest BCUT2D eigenvalue weighted by atomic mass is 16.5. The van der Waals surface area contributed by atoms with Gasteiger partial charge in [0.15, 0.2) is 0 Å². The number of rotatable bonds is 0. The van der Waals surface area contributed by atoms with Gasteiger partial charge in [0.1, 0.15) is 11.4 Å². The Kier molecular flexibility index (Phi) is 3.42. The van der Waals surface area contributed by atoms with Crippen LogP contribution in [0.15, 0.2) is 24.3 Å². The Labute approximate surface area is 119 Å². The maximum Gasteiger partial charge on any atom is 0.219 e. The lowest BCUT2D eigenvalue weighted by molar-refractivity contribution is -0.132. The minimum absolute atomic E-state index is 0.111. The van der Waals surface area contributed by atoms with Crippen molar-refractivity contribution in [3.05, 3.63) is 29.8 Å². The van der Waals surface area contributed by atoms with Crippen molar-refractivity contribution in [3.8, 4) is 5.75 Å². The lowest BCUT2D eigenvalue weighted by Gasteiger charge is -2.40. The molecular weight excluding hydrogens is 252 g/mol. The SMILES string of the molecule is CC(=O)N1Cc2ccccc2OC2(CCC(N)CC2)C1. The molecule has 2 N–H and O–H groups in total. The van der Waals surface area contributed by atoms with Crippen molar-refractivity contribution in [2.24, 2.45) is 5.73 Å². The first kappa shape index (κ1) is 13.4. The predicted octanol–water partition coefficient (Wildman–Crippen LogP) is 2.07. The van der Waals surface area contributed by atoms with Crippen molar-refractivity contribution in [1.82, 2.24) is 4.90 Å². The maximum absolute atomic E-state index is 11.9. The van der Waals surface area contributed by atoms with Gasteiger partial charge < -0.3 is 15.4 Å². The number of carbonyl (C=O) groups is 1. The smallest absolute Gasteiger partial charge is 0.219 e. The van der Waals surface area contributed by atoms with Crippen molar-refractivity contribution in [2.45, 2.75) is 50.8 Å². The molecule has 1 spiro atoms. The molecule has 1 saturated carbocycles. The maximum atomic E-state index is 11.9. The van der Waals surface area contributed by atoms with Crippen LogP contribution in [-0.4, -0.2) is 29.0 Å². The lowest BCUT2D eigenvalue weighted by Crippen LogP contribution is -2.50. The molecule has 0 bridgehead atoms. The van der Waals surface area contributed by atoms with Crippen LogP contribution in [0.2, 0.25) is 0 Å². The van der Waals surface area contributed by atoms with Crippen LogP contribution in [0.4, 0.5) is 0 Å². The second-order valence-electron chi connectivity index (χ2n) is 6.11. The van der Waals surface area contributed by atoms with Gasteiger partial charge in [0.05, 0.1) is 6.54 Å². The summed E-state index contributed by atoms with van der Waals surface area (Å²) in [4.78, 5) is 13.8. The highest BCUT2D eigenvalue weighted by Crippen LogP contribution is 2.37. The highest BCUT2D eigenvalue weighted by Gasteiger charge is 2.41. The third kappa shape index (κ3) is 2.52. The van der Waals surface area contributed by atoms with Crippen LogP contribution in [0.3, 0.4) is 0 Å². The second-order valence-corrected chi connectivity index (χ2v) is 6.11. The summed E-state index contributed by atoms with van der Waals surface area (Å²) in [7, 11) is 0. The van der Waals surface area contributed by atoms with E-state index in [4.69, 9.17) is 10.5 Å². The van der Waals surface area contributed by atoms with Crippen molar-refractivity contribution in [2.75, 3.05) is 6.54 Å². The molecule has 1 fully saturated rings. The average Bonchev–Trinajstić information content (AvgIpc) is 2.59. The molecule has 1 aliphatic heterocycles. The standard InChI is InChI=1S/C16H22N2O2/c1-12(19)18-10-13-4-2-3-5-15(13)20-16(11-18)8-6-14(17)7-9-16/h2-5,14H,6-11,17H2,1H3. The fourth-order valence-electron chi connectivity index (χ4n) is 3.26. The summed E-state index contributed by atoms with van der Waals surface area (Å²) < 4.78 is 6.36. The van der Waals surface area contributed by atoms with Gasteiger partial charge >= 0.3 is 0 Å². The predicted molar refractivity (Wildman–Crippen MR) is 77.3 cm³/mol. The minimum Gasteiger partial charge on any atom is -0.485 e. The van der Waals surface area contributed by atoms with Gasteiger partial charge in [-0.3, -0.25) is 4.79 Å². The van der Waals surface area contributed by atoms with Gasteiger partial charge in [-0.25, -0.2) is 0 Å². The van der Waals surface area contributed by atoms with E-state index >= 15 is 0 Å². The first-order valence-electron chi connectivity index (χ1n) is 7.36.